The lowest BCUT2D eigenvalue weighted by molar-refractivity contribution is -0.124. The first kappa shape index (κ1) is 15.3. The van der Waals surface area contributed by atoms with Gasteiger partial charge >= 0.3 is 0 Å². The van der Waals surface area contributed by atoms with Crippen LogP contribution in [-0.4, -0.2) is 45.5 Å². The number of carbonyl (C=O) groups excluding carboxylic acids is 1. The Balaban J connectivity index is 2.08. The Bertz CT molecular complexity index is 480. The van der Waals surface area contributed by atoms with E-state index >= 15 is 0 Å². The highest BCUT2D eigenvalue weighted by Gasteiger charge is 2.27. The summed E-state index contributed by atoms with van der Waals surface area (Å²) in [6.07, 6.45) is -0.0356. The molecule has 0 saturated carbocycles. The molecule has 0 fully saturated rings. The van der Waals surface area contributed by atoms with Crippen LogP contribution < -0.4 is 9.64 Å². The highest BCUT2D eigenvalue weighted by atomic mass is 79.9. The van der Waals surface area contributed by atoms with Crippen LogP contribution in [0, 0.1) is 0 Å². The smallest absolute Gasteiger partial charge is 0.253 e. The van der Waals surface area contributed by atoms with E-state index in [1.807, 2.05) is 25.1 Å². The van der Waals surface area contributed by atoms with E-state index in [-0.39, 0.29) is 18.6 Å². The van der Waals surface area contributed by atoms with E-state index in [0.29, 0.717) is 19.8 Å². The molecular formula is C14H18BrNO4. The van der Waals surface area contributed by atoms with Gasteiger partial charge < -0.3 is 19.1 Å². The van der Waals surface area contributed by atoms with Crippen molar-refractivity contribution < 1.29 is 19.0 Å². The molecule has 1 heterocycles. The van der Waals surface area contributed by atoms with Crippen LogP contribution in [0.15, 0.2) is 22.7 Å². The first-order valence-electron chi connectivity index (χ1n) is 6.45. The molecule has 0 aromatic heterocycles. The second-order valence-electron chi connectivity index (χ2n) is 4.59. The number of anilines is 1. The number of nitrogens with zero attached hydrogens (tertiary/aromatic N) is 1. The second kappa shape index (κ2) is 7.06. The van der Waals surface area contributed by atoms with E-state index in [4.69, 9.17) is 14.2 Å². The van der Waals surface area contributed by atoms with Gasteiger partial charge in [0.25, 0.3) is 5.91 Å². The lowest BCUT2D eigenvalue weighted by Crippen LogP contribution is -2.44. The average Bonchev–Trinajstić information content (AvgIpc) is 2.43. The zero-order valence-electron chi connectivity index (χ0n) is 11.6. The number of carbonyl (C=O) groups is 1. The predicted octanol–water partition coefficient (Wildman–Crippen LogP) is 2.23. The number of hydrogen-bond acceptors (Lipinski definition) is 4. The van der Waals surface area contributed by atoms with E-state index in [9.17, 15) is 4.79 Å². The standard InChI is InChI=1S/C14H18BrNO4/c1-10-8-16(14(17)9-19-6-5-18-2)12-7-11(15)3-4-13(12)20-10/h3-4,7,10H,5-6,8-9H2,1-2H3. The molecule has 1 amide bonds. The SMILES string of the molecule is COCCOCC(=O)N1CC(C)Oc2ccc(Br)cc21. The van der Waals surface area contributed by atoms with Gasteiger partial charge in [-0.15, -0.1) is 0 Å². The number of amides is 1. The lowest BCUT2D eigenvalue weighted by Gasteiger charge is -2.33. The fraction of sp³-hybridized carbons (Fsp3) is 0.500. The van der Waals surface area contributed by atoms with Gasteiger partial charge in [0.05, 0.1) is 25.4 Å². The number of benzene rings is 1. The van der Waals surface area contributed by atoms with Crippen molar-refractivity contribution in [1.82, 2.24) is 0 Å². The molecule has 0 N–H and O–H groups in total. The van der Waals surface area contributed by atoms with Crippen LogP contribution in [0.25, 0.3) is 0 Å². The summed E-state index contributed by atoms with van der Waals surface area (Å²) in [4.78, 5) is 14.0. The molecule has 1 aliphatic heterocycles. The summed E-state index contributed by atoms with van der Waals surface area (Å²) in [6.45, 7) is 3.40. The molecule has 1 aliphatic rings. The van der Waals surface area contributed by atoms with Crippen molar-refractivity contribution in [3.05, 3.63) is 22.7 Å². The third kappa shape index (κ3) is 3.71. The minimum absolute atomic E-state index is 0.0356. The predicted molar refractivity (Wildman–Crippen MR) is 79.3 cm³/mol. The van der Waals surface area contributed by atoms with E-state index in [2.05, 4.69) is 15.9 Å². The van der Waals surface area contributed by atoms with Crippen LogP contribution in [0.3, 0.4) is 0 Å². The molecule has 110 valence electrons. The van der Waals surface area contributed by atoms with Gasteiger partial charge in [0, 0.05) is 11.6 Å². The number of halogens is 1. The maximum absolute atomic E-state index is 12.3. The molecule has 0 bridgehead atoms. The molecule has 5 nitrogen and oxygen atoms in total. The summed E-state index contributed by atoms with van der Waals surface area (Å²) in [5, 5.41) is 0. The summed E-state index contributed by atoms with van der Waals surface area (Å²) in [7, 11) is 1.60. The van der Waals surface area contributed by atoms with E-state index in [1.54, 1.807) is 12.0 Å². The third-order valence-electron chi connectivity index (χ3n) is 2.94. The molecule has 6 heteroatoms. The molecule has 1 aromatic carbocycles. The van der Waals surface area contributed by atoms with Gasteiger partial charge in [0.15, 0.2) is 0 Å². The Labute approximate surface area is 126 Å². The van der Waals surface area contributed by atoms with Crippen molar-refractivity contribution in [1.29, 1.82) is 0 Å². The fourth-order valence-corrected chi connectivity index (χ4v) is 2.38. The van der Waals surface area contributed by atoms with Crippen LogP contribution in [0.2, 0.25) is 0 Å². The molecular weight excluding hydrogens is 326 g/mol. The number of ether oxygens (including phenoxy) is 3. The molecule has 20 heavy (non-hydrogen) atoms. The number of fused-ring (bicyclic) bond motifs is 1. The molecule has 1 unspecified atom stereocenters. The van der Waals surface area contributed by atoms with Crippen LogP contribution in [0.1, 0.15) is 6.92 Å². The quantitative estimate of drug-likeness (QED) is 0.769. The molecule has 1 aromatic rings. The number of methoxy groups -OCH3 is 1. The molecule has 0 aliphatic carbocycles. The summed E-state index contributed by atoms with van der Waals surface area (Å²) in [5.74, 6) is 0.646. The zero-order valence-corrected chi connectivity index (χ0v) is 13.2. The largest absolute Gasteiger partial charge is 0.487 e. The van der Waals surface area contributed by atoms with Crippen molar-refractivity contribution in [2.75, 3.05) is 38.4 Å². The highest BCUT2D eigenvalue weighted by Crippen LogP contribution is 2.35. The Kier molecular flexibility index (Phi) is 5.39. The normalized spacial score (nSPS) is 17.6. The van der Waals surface area contributed by atoms with E-state index in [0.717, 1.165) is 15.9 Å². The van der Waals surface area contributed by atoms with Gasteiger partial charge in [0.1, 0.15) is 18.5 Å². The van der Waals surface area contributed by atoms with Gasteiger partial charge in [-0.2, -0.15) is 0 Å². The zero-order chi connectivity index (χ0) is 14.5. The van der Waals surface area contributed by atoms with E-state index in [1.165, 1.54) is 0 Å². The minimum Gasteiger partial charge on any atom is -0.487 e. The highest BCUT2D eigenvalue weighted by molar-refractivity contribution is 9.10. The van der Waals surface area contributed by atoms with Crippen molar-refractivity contribution >= 4 is 27.5 Å². The van der Waals surface area contributed by atoms with Crippen LogP contribution in [-0.2, 0) is 14.3 Å². The van der Waals surface area contributed by atoms with Crippen LogP contribution in [0.4, 0.5) is 5.69 Å². The first-order valence-corrected chi connectivity index (χ1v) is 7.24. The lowest BCUT2D eigenvalue weighted by atomic mass is 10.2. The first-order chi connectivity index (χ1) is 9.61. The molecule has 0 saturated heterocycles. The topological polar surface area (TPSA) is 48.0 Å². The molecule has 0 radical (unpaired) electrons. The molecule has 0 spiro atoms. The summed E-state index contributed by atoms with van der Waals surface area (Å²) in [6, 6.07) is 5.64. The molecule has 2 rings (SSSR count). The average molecular weight is 344 g/mol. The monoisotopic (exact) mass is 343 g/mol. The summed E-state index contributed by atoms with van der Waals surface area (Å²) >= 11 is 3.41. The maximum atomic E-state index is 12.3. The van der Waals surface area contributed by atoms with Crippen molar-refractivity contribution in [3.8, 4) is 5.75 Å². The second-order valence-corrected chi connectivity index (χ2v) is 5.51. The third-order valence-corrected chi connectivity index (χ3v) is 3.43. The number of rotatable bonds is 5. The van der Waals surface area contributed by atoms with Gasteiger partial charge in [-0.3, -0.25) is 4.79 Å². The van der Waals surface area contributed by atoms with Gasteiger partial charge in [-0.25, -0.2) is 0 Å². The Morgan fingerprint density at radius 1 is 1.50 bits per heavy atom. The molecule has 1 atom stereocenters. The van der Waals surface area contributed by atoms with Gasteiger partial charge in [0.2, 0.25) is 0 Å². The van der Waals surface area contributed by atoms with Crippen molar-refractivity contribution in [3.63, 3.8) is 0 Å². The summed E-state index contributed by atoms with van der Waals surface area (Å²) < 4.78 is 16.8. The maximum Gasteiger partial charge on any atom is 0.253 e. The Hall–Kier alpha value is -1.11. The van der Waals surface area contributed by atoms with Crippen molar-refractivity contribution in [2.24, 2.45) is 0 Å². The van der Waals surface area contributed by atoms with Crippen molar-refractivity contribution in [2.45, 2.75) is 13.0 Å². The van der Waals surface area contributed by atoms with E-state index < -0.39 is 0 Å². The summed E-state index contributed by atoms with van der Waals surface area (Å²) in [5.41, 5.74) is 0.776. The van der Waals surface area contributed by atoms with Gasteiger partial charge in [-0.1, -0.05) is 15.9 Å². The van der Waals surface area contributed by atoms with Crippen LogP contribution >= 0.6 is 15.9 Å². The fourth-order valence-electron chi connectivity index (χ4n) is 2.03. The Morgan fingerprint density at radius 3 is 3.05 bits per heavy atom. The Morgan fingerprint density at radius 2 is 2.30 bits per heavy atom. The minimum atomic E-state index is -0.0735. The number of hydrogen-bond donors (Lipinski definition) is 0. The van der Waals surface area contributed by atoms with Gasteiger partial charge in [-0.05, 0) is 25.1 Å². The van der Waals surface area contributed by atoms with Crippen LogP contribution in [0.5, 0.6) is 5.75 Å².